The molecule has 0 unspecified atom stereocenters. The predicted octanol–water partition coefficient (Wildman–Crippen LogP) is 1.89. The van der Waals surface area contributed by atoms with Gasteiger partial charge in [0.25, 0.3) is 0 Å². The number of hydrogen-bond donors (Lipinski definition) is 1. The van der Waals surface area contributed by atoms with Gasteiger partial charge in [0.15, 0.2) is 5.82 Å². The second-order valence-electron chi connectivity index (χ2n) is 4.38. The van der Waals surface area contributed by atoms with Crippen LogP contribution in [0.15, 0.2) is 18.6 Å². The Morgan fingerprint density at radius 3 is 2.88 bits per heavy atom. The summed E-state index contributed by atoms with van der Waals surface area (Å²) in [6, 6.07) is 2.08. The van der Waals surface area contributed by atoms with E-state index in [0.717, 1.165) is 17.2 Å². The summed E-state index contributed by atoms with van der Waals surface area (Å²) in [5.74, 6) is 2.36. The molecule has 0 radical (unpaired) electrons. The van der Waals surface area contributed by atoms with Crippen molar-refractivity contribution in [1.29, 1.82) is 0 Å². The van der Waals surface area contributed by atoms with E-state index in [0.29, 0.717) is 5.92 Å². The van der Waals surface area contributed by atoms with Gasteiger partial charge in [-0.25, -0.2) is 14.6 Å². The van der Waals surface area contributed by atoms with Crippen molar-refractivity contribution in [2.45, 2.75) is 25.7 Å². The summed E-state index contributed by atoms with van der Waals surface area (Å²) in [7, 11) is 1.86. The molecule has 1 N–H and O–H groups in total. The molecular weight excluding hydrogens is 214 g/mol. The van der Waals surface area contributed by atoms with Crippen LogP contribution in [0.2, 0.25) is 0 Å². The lowest BCUT2D eigenvalue weighted by atomic mass is 10.3. The largest absolute Gasteiger partial charge is 0.373 e. The molecule has 5 heteroatoms. The monoisotopic (exact) mass is 229 g/mol. The summed E-state index contributed by atoms with van der Waals surface area (Å²) >= 11 is 0. The minimum absolute atomic E-state index is 0.669. The van der Waals surface area contributed by atoms with Gasteiger partial charge in [0.1, 0.15) is 12.1 Å². The summed E-state index contributed by atoms with van der Waals surface area (Å²) in [5.41, 5.74) is 2.19. The molecule has 17 heavy (non-hydrogen) atoms. The van der Waals surface area contributed by atoms with E-state index in [1.807, 2.05) is 24.9 Å². The molecule has 2 aromatic rings. The van der Waals surface area contributed by atoms with Gasteiger partial charge in [0.05, 0.1) is 5.69 Å². The fraction of sp³-hybridized carbons (Fsp3) is 0.417. The van der Waals surface area contributed by atoms with E-state index in [4.69, 9.17) is 0 Å². The standard InChI is InChI=1S/C12H15N5/c1-8-11(13-2)14-7-15-12(8)17-6-5-10(16-17)9-3-4-9/h5-7,9H,3-4H2,1-2H3,(H,13,14,15). The molecule has 0 atom stereocenters. The molecule has 0 bridgehead atoms. The first-order valence-corrected chi connectivity index (χ1v) is 5.85. The first-order valence-electron chi connectivity index (χ1n) is 5.85. The van der Waals surface area contributed by atoms with E-state index < -0.39 is 0 Å². The average Bonchev–Trinajstić information content (AvgIpc) is 3.08. The van der Waals surface area contributed by atoms with E-state index in [-0.39, 0.29) is 0 Å². The molecule has 0 aromatic carbocycles. The minimum atomic E-state index is 0.669. The van der Waals surface area contributed by atoms with Gasteiger partial charge in [-0.15, -0.1) is 0 Å². The van der Waals surface area contributed by atoms with Crippen molar-refractivity contribution in [2.24, 2.45) is 0 Å². The van der Waals surface area contributed by atoms with Gasteiger partial charge >= 0.3 is 0 Å². The number of anilines is 1. The Balaban J connectivity index is 2.01. The SMILES string of the molecule is CNc1ncnc(-n2ccc(C3CC3)n2)c1C. The molecule has 88 valence electrons. The molecule has 1 fully saturated rings. The molecular formula is C12H15N5. The molecule has 0 amide bonds. The fourth-order valence-electron chi connectivity index (χ4n) is 1.98. The van der Waals surface area contributed by atoms with Gasteiger partial charge in [-0.3, -0.25) is 0 Å². The van der Waals surface area contributed by atoms with E-state index in [1.165, 1.54) is 18.5 Å². The zero-order valence-corrected chi connectivity index (χ0v) is 10.0. The summed E-state index contributed by atoms with van der Waals surface area (Å²) in [4.78, 5) is 8.47. The Kier molecular flexibility index (Phi) is 2.31. The molecule has 0 saturated heterocycles. The maximum atomic E-state index is 4.58. The maximum absolute atomic E-state index is 4.58. The zero-order valence-electron chi connectivity index (χ0n) is 10.0. The van der Waals surface area contributed by atoms with Crippen molar-refractivity contribution < 1.29 is 0 Å². The number of hydrogen-bond acceptors (Lipinski definition) is 4. The molecule has 1 aliphatic rings. The topological polar surface area (TPSA) is 55.6 Å². The molecule has 5 nitrogen and oxygen atoms in total. The van der Waals surface area contributed by atoms with Gasteiger partial charge < -0.3 is 5.32 Å². The lowest BCUT2D eigenvalue weighted by Gasteiger charge is -2.08. The van der Waals surface area contributed by atoms with Crippen LogP contribution < -0.4 is 5.32 Å². The van der Waals surface area contributed by atoms with Crippen LogP contribution in [-0.2, 0) is 0 Å². The highest BCUT2D eigenvalue weighted by Gasteiger charge is 2.26. The van der Waals surface area contributed by atoms with Crippen molar-refractivity contribution in [3.05, 3.63) is 29.8 Å². The van der Waals surface area contributed by atoms with Crippen LogP contribution in [0.5, 0.6) is 0 Å². The van der Waals surface area contributed by atoms with Crippen molar-refractivity contribution in [3.63, 3.8) is 0 Å². The summed E-state index contributed by atoms with van der Waals surface area (Å²) in [6.45, 7) is 2.00. The molecule has 0 spiro atoms. The Morgan fingerprint density at radius 1 is 1.35 bits per heavy atom. The van der Waals surface area contributed by atoms with Crippen LogP contribution in [-0.4, -0.2) is 26.8 Å². The van der Waals surface area contributed by atoms with Crippen molar-refractivity contribution >= 4 is 5.82 Å². The normalized spacial score (nSPS) is 14.9. The Bertz CT molecular complexity index is 542. The molecule has 2 heterocycles. The maximum Gasteiger partial charge on any atom is 0.161 e. The number of aromatic nitrogens is 4. The highest BCUT2D eigenvalue weighted by Crippen LogP contribution is 2.39. The molecule has 3 rings (SSSR count). The van der Waals surface area contributed by atoms with Gasteiger partial charge in [-0.05, 0) is 25.8 Å². The van der Waals surface area contributed by atoms with Gasteiger partial charge in [-0.2, -0.15) is 5.10 Å². The summed E-state index contributed by atoms with van der Waals surface area (Å²) in [6.07, 6.45) is 6.07. The highest BCUT2D eigenvalue weighted by molar-refractivity contribution is 5.50. The van der Waals surface area contributed by atoms with Crippen LogP contribution in [0.25, 0.3) is 5.82 Å². The first-order chi connectivity index (χ1) is 8.29. The summed E-state index contributed by atoms with van der Waals surface area (Å²) < 4.78 is 1.84. The molecule has 2 aromatic heterocycles. The minimum Gasteiger partial charge on any atom is -0.373 e. The lowest BCUT2D eigenvalue weighted by Crippen LogP contribution is -2.06. The lowest BCUT2D eigenvalue weighted by molar-refractivity contribution is 0.801. The van der Waals surface area contributed by atoms with Crippen LogP contribution in [0, 0.1) is 6.92 Å². The smallest absolute Gasteiger partial charge is 0.161 e. The highest BCUT2D eigenvalue weighted by atomic mass is 15.3. The molecule has 1 saturated carbocycles. The van der Waals surface area contributed by atoms with Crippen molar-refractivity contribution in [3.8, 4) is 5.82 Å². The number of rotatable bonds is 3. The van der Waals surface area contributed by atoms with E-state index in [1.54, 1.807) is 6.33 Å². The third-order valence-electron chi connectivity index (χ3n) is 3.12. The quantitative estimate of drug-likeness (QED) is 0.873. The van der Waals surface area contributed by atoms with Gasteiger partial charge in [-0.1, -0.05) is 0 Å². The molecule has 1 aliphatic carbocycles. The fourth-order valence-corrected chi connectivity index (χ4v) is 1.98. The van der Waals surface area contributed by atoms with Crippen molar-refractivity contribution in [1.82, 2.24) is 19.7 Å². The van der Waals surface area contributed by atoms with E-state index >= 15 is 0 Å². The average molecular weight is 229 g/mol. The second kappa shape index (κ2) is 3.84. The van der Waals surface area contributed by atoms with E-state index in [2.05, 4.69) is 26.4 Å². The van der Waals surface area contributed by atoms with E-state index in [9.17, 15) is 0 Å². The van der Waals surface area contributed by atoms with Crippen LogP contribution >= 0.6 is 0 Å². The number of nitrogens with one attached hydrogen (secondary N) is 1. The third-order valence-corrected chi connectivity index (χ3v) is 3.12. The van der Waals surface area contributed by atoms with Gasteiger partial charge in [0.2, 0.25) is 0 Å². The Hall–Kier alpha value is -1.91. The number of nitrogens with zero attached hydrogens (tertiary/aromatic N) is 4. The predicted molar refractivity (Wildman–Crippen MR) is 65.4 cm³/mol. The zero-order chi connectivity index (χ0) is 11.8. The van der Waals surface area contributed by atoms with Crippen LogP contribution in [0.3, 0.4) is 0 Å². The first kappa shape index (κ1) is 10.3. The van der Waals surface area contributed by atoms with Crippen molar-refractivity contribution in [2.75, 3.05) is 12.4 Å². The Morgan fingerprint density at radius 2 is 2.18 bits per heavy atom. The third kappa shape index (κ3) is 1.77. The van der Waals surface area contributed by atoms with Crippen LogP contribution in [0.1, 0.15) is 30.0 Å². The van der Waals surface area contributed by atoms with Crippen LogP contribution in [0.4, 0.5) is 5.82 Å². The van der Waals surface area contributed by atoms with Gasteiger partial charge in [0, 0.05) is 24.7 Å². The molecule has 0 aliphatic heterocycles. The summed E-state index contributed by atoms with van der Waals surface area (Å²) in [5, 5.41) is 7.63. The second-order valence-corrected chi connectivity index (χ2v) is 4.38. The Labute approximate surface area is 99.9 Å².